The van der Waals surface area contributed by atoms with Crippen LogP contribution in [0.25, 0.3) is 0 Å². The topological polar surface area (TPSA) is 86.2 Å². The molecule has 0 saturated heterocycles. The minimum absolute atomic E-state index is 0.274. The van der Waals surface area contributed by atoms with Gasteiger partial charge in [-0.3, -0.25) is 4.79 Å². The van der Waals surface area contributed by atoms with Crippen molar-refractivity contribution in [2.45, 2.75) is 19.8 Å². The Balaban J connectivity index is 1.61. The van der Waals surface area contributed by atoms with E-state index in [1.807, 2.05) is 6.07 Å². The Morgan fingerprint density at radius 2 is 1.70 bits per heavy atom. The van der Waals surface area contributed by atoms with Crippen LogP contribution >= 0.6 is 0 Å². The van der Waals surface area contributed by atoms with E-state index >= 15 is 0 Å². The summed E-state index contributed by atoms with van der Waals surface area (Å²) in [6.07, 6.45) is 3.51. The van der Waals surface area contributed by atoms with Crippen molar-refractivity contribution in [3.8, 4) is 17.2 Å². The fraction of sp³-hybridized carbons (Fsp3) is 0.192. The fourth-order valence-electron chi connectivity index (χ4n) is 2.85. The molecular formula is C26H26N2O5. The van der Waals surface area contributed by atoms with Crippen LogP contribution in [0, 0.1) is 0 Å². The number of benzene rings is 3. The van der Waals surface area contributed by atoms with Gasteiger partial charge in [-0.25, -0.2) is 10.2 Å². The fourth-order valence-corrected chi connectivity index (χ4v) is 2.85. The van der Waals surface area contributed by atoms with Crippen molar-refractivity contribution in [3.63, 3.8) is 0 Å². The van der Waals surface area contributed by atoms with E-state index in [0.717, 1.165) is 12.8 Å². The first kappa shape index (κ1) is 23.5. The standard InChI is InChI=1S/C26H26N2O5/c1-3-4-16-32-22-13-11-21(12-14-22)26(30)33-23-15-10-19(17-24(23)31-2)18-27-28-25(29)20-8-6-5-7-9-20/h5-15,17-18H,3-4,16H2,1-2H3,(H,28,29)/b27-18+. The number of carbonyl (C=O) groups excluding carboxylic acids is 2. The average Bonchev–Trinajstić information content (AvgIpc) is 2.85. The van der Waals surface area contributed by atoms with E-state index < -0.39 is 5.97 Å². The predicted molar refractivity (Wildman–Crippen MR) is 126 cm³/mol. The molecule has 170 valence electrons. The average molecular weight is 447 g/mol. The maximum Gasteiger partial charge on any atom is 0.343 e. The Hall–Kier alpha value is -4.13. The molecule has 0 saturated carbocycles. The number of nitrogens with one attached hydrogen (secondary N) is 1. The summed E-state index contributed by atoms with van der Waals surface area (Å²) in [5.74, 6) is 0.522. The second-order valence-corrected chi connectivity index (χ2v) is 7.09. The number of hydrogen-bond donors (Lipinski definition) is 1. The summed E-state index contributed by atoms with van der Waals surface area (Å²) in [5, 5.41) is 3.97. The van der Waals surface area contributed by atoms with Crippen LogP contribution in [-0.4, -0.2) is 31.8 Å². The molecule has 0 aliphatic carbocycles. The third-order valence-electron chi connectivity index (χ3n) is 4.66. The summed E-state index contributed by atoms with van der Waals surface area (Å²) in [6, 6.07) is 20.6. The molecule has 0 aromatic heterocycles. The van der Waals surface area contributed by atoms with Crippen LogP contribution in [0.15, 0.2) is 77.9 Å². The summed E-state index contributed by atoms with van der Waals surface area (Å²) in [4.78, 5) is 24.6. The molecule has 3 rings (SSSR count). The second kappa shape index (κ2) is 12.0. The van der Waals surface area contributed by atoms with Crippen molar-refractivity contribution in [1.82, 2.24) is 5.43 Å². The number of esters is 1. The maximum atomic E-state index is 12.5. The number of nitrogens with zero attached hydrogens (tertiary/aromatic N) is 1. The summed E-state index contributed by atoms with van der Waals surface area (Å²) in [5.41, 5.74) is 4.04. The van der Waals surface area contributed by atoms with Gasteiger partial charge < -0.3 is 14.2 Å². The molecule has 0 atom stereocenters. The van der Waals surface area contributed by atoms with E-state index in [1.54, 1.807) is 66.7 Å². The molecule has 7 nitrogen and oxygen atoms in total. The van der Waals surface area contributed by atoms with Crippen molar-refractivity contribution >= 4 is 18.1 Å². The van der Waals surface area contributed by atoms with E-state index in [4.69, 9.17) is 14.2 Å². The molecule has 0 heterocycles. The molecule has 1 N–H and O–H groups in total. The lowest BCUT2D eigenvalue weighted by molar-refractivity contribution is 0.0729. The molecule has 7 heteroatoms. The number of hydrazone groups is 1. The van der Waals surface area contributed by atoms with Crippen LogP contribution < -0.4 is 19.6 Å². The Kier molecular flexibility index (Phi) is 8.59. The van der Waals surface area contributed by atoms with Gasteiger partial charge in [0.05, 0.1) is 25.5 Å². The lowest BCUT2D eigenvalue weighted by atomic mass is 10.2. The molecule has 0 aliphatic rings. The van der Waals surface area contributed by atoms with Crippen LogP contribution in [0.2, 0.25) is 0 Å². The van der Waals surface area contributed by atoms with E-state index in [1.165, 1.54) is 13.3 Å². The van der Waals surface area contributed by atoms with Gasteiger partial charge in [-0.15, -0.1) is 0 Å². The Bertz CT molecular complexity index is 1100. The third-order valence-corrected chi connectivity index (χ3v) is 4.66. The smallest absolute Gasteiger partial charge is 0.343 e. The van der Waals surface area contributed by atoms with Crippen LogP contribution in [0.3, 0.4) is 0 Å². The molecule has 0 radical (unpaired) electrons. The minimum Gasteiger partial charge on any atom is -0.494 e. The first-order valence-electron chi connectivity index (χ1n) is 10.6. The number of ether oxygens (including phenoxy) is 3. The first-order valence-corrected chi connectivity index (χ1v) is 10.6. The van der Waals surface area contributed by atoms with Gasteiger partial charge in [0.2, 0.25) is 0 Å². The van der Waals surface area contributed by atoms with Crippen molar-refractivity contribution in [2.75, 3.05) is 13.7 Å². The van der Waals surface area contributed by atoms with Crippen LogP contribution in [0.5, 0.6) is 17.2 Å². The highest BCUT2D eigenvalue weighted by Crippen LogP contribution is 2.28. The Morgan fingerprint density at radius 1 is 0.939 bits per heavy atom. The Morgan fingerprint density at radius 3 is 2.39 bits per heavy atom. The first-order chi connectivity index (χ1) is 16.1. The van der Waals surface area contributed by atoms with Gasteiger partial charge >= 0.3 is 5.97 Å². The lowest BCUT2D eigenvalue weighted by Gasteiger charge is -2.10. The summed E-state index contributed by atoms with van der Waals surface area (Å²) < 4.78 is 16.5. The molecule has 0 unspecified atom stereocenters. The van der Waals surface area contributed by atoms with E-state index in [9.17, 15) is 9.59 Å². The molecule has 0 spiro atoms. The number of carbonyl (C=O) groups is 2. The maximum absolute atomic E-state index is 12.5. The number of hydrogen-bond acceptors (Lipinski definition) is 6. The molecule has 3 aromatic rings. The SMILES string of the molecule is CCCCOc1ccc(C(=O)Oc2ccc(/C=N/NC(=O)c3ccccc3)cc2OC)cc1. The van der Waals surface area contributed by atoms with Crippen molar-refractivity contribution < 1.29 is 23.8 Å². The van der Waals surface area contributed by atoms with E-state index in [-0.39, 0.29) is 11.7 Å². The highest BCUT2D eigenvalue weighted by Gasteiger charge is 2.13. The monoisotopic (exact) mass is 446 g/mol. The van der Waals surface area contributed by atoms with Crippen molar-refractivity contribution in [3.05, 3.63) is 89.5 Å². The van der Waals surface area contributed by atoms with Gasteiger partial charge in [0.15, 0.2) is 11.5 Å². The number of amides is 1. The van der Waals surface area contributed by atoms with Gasteiger partial charge in [-0.2, -0.15) is 5.10 Å². The highest BCUT2D eigenvalue weighted by atomic mass is 16.6. The Labute approximate surface area is 193 Å². The highest BCUT2D eigenvalue weighted by molar-refractivity contribution is 5.95. The predicted octanol–water partition coefficient (Wildman–Crippen LogP) is 4.86. The van der Waals surface area contributed by atoms with E-state index in [0.29, 0.717) is 34.8 Å². The zero-order valence-corrected chi connectivity index (χ0v) is 18.6. The van der Waals surface area contributed by atoms with Crippen LogP contribution in [0.4, 0.5) is 0 Å². The van der Waals surface area contributed by atoms with Crippen LogP contribution in [-0.2, 0) is 0 Å². The molecule has 0 aliphatic heterocycles. The van der Waals surface area contributed by atoms with Gasteiger partial charge in [-0.1, -0.05) is 31.5 Å². The zero-order chi connectivity index (χ0) is 23.5. The number of unbranched alkanes of at least 4 members (excludes halogenated alkanes) is 1. The number of methoxy groups -OCH3 is 1. The second-order valence-electron chi connectivity index (χ2n) is 7.09. The van der Waals surface area contributed by atoms with Gasteiger partial charge in [0, 0.05) is 5.56 Å². The summed E-state index contributed by atoms with van der Waals surface area (Å²) in [6.45, 7) is 2.74. The van der Waals surface area contributed by atoms with Gasteiger partial charge in [0.25, 0.3) is 5.91 Å². The third kappa shape index (κ3) is 6.93. The number of rotatable bonds is 10. The lowest BCUT2D eigenvalue weighted by Crippen LogP contribution is -2.17. The van der Waals surface area contributed by atoms with E-state index in [2.05, 4.69) is 17.5 Å². The summed E-state index contributed by atoms with van der Waals surface area (Å²) in [7, 11) is 1.48. The van der Waals surface area contributed by atoms with Crippen LogP contribution in [0.1, 0.15) is 46.0 Å². The van der Waals surface area contributed by atoms with Crippen molar-refractivity contribution in [1.29, 1.82) is 0 Å². The molecule has 0 fully saturated rings. The zero-order valence-electron chi connectivity index (χ0n) is 18.6. The van der Waals surface area contributed by atoms with Gasteiger partial charge in [0.1, 0.15) is 5.75 Å². The quantitative estimate of drug-likeness (QED) is 0.158. The molecule has 1 amide bonds. The molecular weight excluding hydrogens is 420 g/mol. The molecule has 0 bridgehead atoms. The molecule has 3 aromatic carbocycles. The van der Waals surface area contributed by atoms with Gasteiger partial charge in [-0.05, 0) is 66.6 Å². The summed E-state index contributed by atoms with van der Waals surface area (Å²) >= 11 is 0. The largest absolute Gasteiger partial charge is 0.494 e. The molecule has 33 heavy (non-hydrogen) atoms. The minimum atomic E-state index is -0.509. The normalized spacial score (nSPS) is 10.6. The van der Waals surface area contributed by atoms with Crippen molar-refractivity contribution in [2.24, 2.45) is 5.10 Å².